The zero-order chi connectivity index (χ0) is 13.5. The number of H-pyrrole nitrogens is 1. The largest absolute Gasteiger partial charge is 0.370 e. The van der Waals surface area contributed by atoms with Crippen molar-refractivity contribution in [3.05, 3.63) is 17.2 Å². The van der Waals surface area contributed by atoms with Crippen LogP contribution in [0.2, 0.25) is 0 Å². The summed E-state index contributed by atoms with van der Waals surface area (Å²) >= 11 is 0. The molecule has 0 radical (unpaired) electrons. The van der Waals surface area contributed by atoms with Crippen LogP contribution in [-0.4, -0.2) is 29.0 Å². The van der Waals surface area contributed by atoms with Gasteiger partial charge in [-0.3, -0.25) is 4.79 Å². The smallest absolute Gasteiger partial charge is 0.271 e. The van der Waals surface area contributed by atoms with Crippen LogP contribution in [0.15, 0.2) is 0 Å². The van der Waals surface area contributed by atoms with E-state index in [0.717, 1.165) is 43.8 Å². The molecule has 3 rings (SSSR count). The topological polar surface area (TPSA) is 67.0 Å². The number of imidazole rings is 1. The fourth-order valence-corrected chi connectivity index (χ4v) is 2.80. The molecule has 5 heteroatoms. The maximum atomic E-state index is 12.1. The van der Waals surface area contributed by atoms with Crippen molar-refractivity contribution in [2.75, 3.05) is 13.2 Å². The molecule has 0 aliphatic carbocycles. The van der Waals surface area contributed by atoms with Gasteiger partial charge in [-0.2, -0.15) is 0 Å². The predicted molar refractivity (Wildman–Crippen MR) is 70.9 cm³/mol. The van der Waals surface area contributed by atoms with Crippen LogP contribution in [0.1, 0.15) is 61.2 Å². The molecule has 5 nitrogen and oxygen atoms in total. The lowest BCUT2D eigenvalue weighted by Gasteiger charge is -2.22. The van der Waals surface area contributed by atoms with Crippen LogP contribution >= 0.6 is 0 Å². The molecule has 19 heavy (non-hydrogen) atoms. The first-order valence-corrected chi connectivity index (χ1v) is 7.04. The predicted octanol–water partition coefficient (Wildman–Crippen LogP) is 1.96. The number of aromatic nitrogens is 2. The van der Waals surface area contributed by atoms with Crippen molar-refractivity contribution in [2.24, 2.45) is 5.41 Å². The van der Waals surface area contributed by atoms with Crippen molar-refractivity contribution in [3.63, 3.8) is 0 Å². The molecule has 2 aliphatic heterocycles. The van der Waals surface area contributed by atoms with E-state index in [4.69, 9.17) is 4.74 Å². The number of nitrogens with one attached hydrogen (secondary N) is 2. The summed E-state index contributed by atoms with van der Waals surface area (Å²) in [5.41, 5.74) is 1.55. The van der Waals surface area contributed by atoms with Gasteiger partial charge in [0.25, 0.3) is 5.91 Å². The molecule has 104 valence electrons. The molecule has 0 unspecified atom stereocenters. The van der Waals surface area contributed by atoms with Gasteiger partial charge in [-0.15, -0.1) is 0 Å². The standard InChI is InChI=1S/C14H21N3O2/c1-14(2)7-9-11(13(18)15-8-14)17-12(16-9)10-5-3-4-6-19-10/h10H,3-8H2,1-2H3,(H,15,18)(H,16,17)/t10-/m0/s1. The van der Waals surface area contributed by atoms with Crippen molar-refractivity contribution < 1.29 is 9.53 Å². The number of aromatic amines is 1. The molecule has 1 fully saturated rings. The number of hydrogen-bond donors (Lipinski definition) is 2. The van der Waals surface area contributed by atoms with E-state index in [2.05, 4.69) is 29.1 Å². The van der Waals surface area contributed by atoms with Gasteiger partial charge in [-0.1, -0.05) is 13.8 Å². The molecule has 0 spiro atoms. The second-order valence-electron chi connectivity index (χ2n) is 6.33. The highest BCUT2D eigenvalue weighted by atomic mass is 16.5. The third-order valence-corrected chi connectivity index (χ3v) is 3.88. The minimum Gasteiger partial charge on any atom is -0.370 e. The maximum Gasteiger partial charge on any atom is 0.271 e. The quantitative estimate of drug-likeness (QED) is 0.814. The second-order valence-corrected chi connectivity index (χ2v) is 6.33. The molecule has 3 heterocycles. The molecule has 1 atom stereocenters. The summed E-state index contributed by atoms with van der Waals surface area (Å²) in [6, 6.07) is 0. The summed E-state index contributed by atoms with van der Waals surface area (Å²) in [5, 5.41) is 2.94. The highest BCUT2D eigenvalue weighted by molar-refractivity contribution is 5.93. The Hall–Kier alpha value is -1.36. The van der Waals surface area contributed by atoms with E-state index in [1.165, 1.54) is 0 Å². The summed E-state index contributed by atoms with van der Waals surface area (Å²) in [5.74, 6) is 0.747. The van der Waals surface area contributed by atoms with E-state index in [9.17, 15) is 4.79 Å². The van der Waals surface area contributed by atoms with Crippen molar-refractivity contribution in [1.29, 1.82) is 0 Å². The van der Waals surface area contributed by atoms with Crippen LogP contribution in [0, 0.1) is 5.41 Å². The van der Waals surface area contributed by atoms with E-state index in [0.29, 0.717) is 12.2 Å². The van der Waals surface area contributed by atoms with Gasteiger partial charge in [-0.25, -0.2) is 4.98 Å². The van der Waals surface area contributed by atoms with Crippen molar-refractivity contribution in [2.45, 2.75) is 45.6 Å². The molecular weight excluding hydrogens is 242 g/mol. The lowest BCUT2D eigenvalue weighted by Crippen LogP contribution is -2.32. The number of nitrogens with zero attached hydrogens (tertiary/aromatic N) is 1. The van der Waals surface area contributed by atoms with Crippen LogP contribution in [-0.2, 0) is 11.2 Å². The van der Waals surface area contributed by atoms with E-state index in [-0.39, 0.29) is 17.4 Å². The van der Waals surface area contributed by atoms with Gasteiger partial charge in [0.05, 0.1) is 0 Å². The Morgan fingerprint density at radius 1 is 1.37 bits per heavy atom. The Kier molecular flexibility index (Phi) is 3.09. The molecule has 2 N–H and O–H groups in total. The van der Waals surface area contributed by atoms with Crippen LogP contribution < -0.4 is 5.32 Å². The highest BCUT2D eigenvalue weighted by Crippen LogP contribution is 2.30. The first kappa shape index (κ1) is 12.7. The first-order valence-electron chi connectivity index (χ1n) is 7.04. The first-order chi connectivity index (χ1) is 9.05. The molecule has 1 amide bonds. The summed E-state index contributed by atoms with van der Waals surface area (Å²) in [7, 11) is 0. The molecule has 1 aromatic rings. The molecule has 0 saturated carbocycles. The minimum absolute atomic E-state index is 0.0246. The number of carbonyl (C=O) groups excluding carboxylic acids is 1. The molecular formula is C14H21N3O2. The van der Waals surface area contributed by atoms with Crippen LogP contribution in [0.25, 0.3) is 0 Å². The van der Waals surface area contributed by atoms with Gasteiger partial charge >= 0.3 is 0 Å². The normalized spacial score (nSPS) is 26.4. The number of carbonyl (C=O) groups is 1. The monoisotopic (exact) mass is 263 g/mol. The van der Waals surface area contributed by atoms with Crippen LogP contribution in [0.4, 0.5) is 0 Å². The third kappa shape index (κ3) is 2.52. The fraction of sp³-hybridized carbons (Fsp3) is 0.714. The minimum atomic E-state index is -0.0705. The lowest BCUT2D eigenvalue weighted by atomic mass is 9.88. The number of amides is 1. The van der Waals surface area contributed by atoms with E-state index >= 15 is 0 Å². The summed E-state index contributed by atoms with van der Waals surface area (Å²) < 4.78 is 5.73. The van der Waals surface area contributed by atoms with Gasteiger partial charge < -0.3 is 15.0 Å². The SMILES string of the molecule is CC1(C)CNC(=O)c2nc([C@@H]3CCCCO3)[nH]c2C1. The van der Waals surface area contributed by atoms with Crippen LogP contribution in [0.5, 0.6) is 0 Å². The number of fused-ring (bicyclic) bond motifs is 1. The van der Waals surface area contributed by atoms with Gasteiger partial charge in [0, 0.05) is 18.8 Å². The average molecular weight is 263 g/mol. The Labute approximate surface area is 113 Å². The maximum absolute atomic E-state index is 12.1. The summed E-state index contributed by atoms with van der Waals surface area (Å²) in [4.78, 5) is 19.9. The number of hydrogen-bond acceptors (Lipinski definition) is 3. The summed E-state index contributed by atoms with van der Waals surface area (Å²) in [6.45, 7) is 5.78. The second kappa shape index (κ2) is 4.63. The lowest BCUT2D eigenvalue weighted by molar-refractivity contribution is 0.00981. The highest BCUT2D eigenvalue weighted by Gasteiger charge is 2.31. The zero-order valence-corrected chi connectivity index (χ0v) is 11.6. The van der Waals surface area contributed by atoms with E-state index < -0.39 is 0 Å². The van der Waals surface area contributed by atoms with E-state index in [1.54, 1.807) is 0 Å². The van der Waals surface area contributed by atoms with Gasteiger partial charge in [-0.05, 0) is 31.1 Å². The summed E-state index contributed by atoms with van der Waals surface area (Å²) in [6.07, 6.45) is 4.12. The van der Waals surface area contributed by atoms with Gasteiger partial charge in [0.2, 0.25) is 0 Å². The molecule has 0 bridgehead atoms. The van der Waals surface area contributed by atoms with E-state index in [1.807, 2.05) is 0 Å². The number of rotatable bonds is 1. The fourth-order valence-electron chi connectivity index (χ4n) is 2.80. The molecule has 0 aromatic carbocycles. The zero-order valence-electron chi connectivity index (χ0n) is 11.6. The van der Waals surface area contributed by atoms with Gasteiger partial charge in [0.1, 0.15) is 17.6 Å². The Morgan fingerprint density at radius 3 is 2.95 bits per heavy atom. The Bertz CT molecular complexity index is 487. The Morgan fingerprint density at radius 2 is 2.21 bits per heavy atom. The van der Waals surface area contributed by atoms with Crippen LogP contribution in [0.3, 0.4) is 0 Å². The molecule has 2 aliphatic rings. The van der Waals surface area contributed by atoms with Crippen molar-refractivity contribution >= 4 is 5.91 Å². The van der Waals surface area contributed by atoms with Gasteiger partial charge in [0.15, 0.2) is 0 Å². The molecule has 1 saturated heterocycles. The average Bonchev–Trinajstić information content (AvgIpc) is 2.76. The molecule has 1 aromatic heterocycles. The number of ether oxygens (including phenoxy) is 1. The Balaban J connectivity index is 1.90. The van der Waals surface area contributed by atoms with Crippen molar-refractivity contribution in [1.82, 2.24) is 15.3 Å². The van der Waals surface area contributed by atoms with Crippen molar-refractivity contribution in [3.8, 4) is 0 Å². The third-order valence-electron chi connectivity index (χ3n) is 3.88.